The number of furan rings is 1. The monoisotopic (exact) mass is 677 g/mol. The molecule has 0 atom stereocenters. The van der Waals surface area contributed by atoms with Gasteiger partial charge < -0.3 is 4.42 Å². The van der Waals surface area contributed by atoms with Crippen LogP contribution in [0.25, 0.3) is 100 Å². The van der Waals surface area contributed by atoms with Crippen LogP contribution in [0.2, 0.25) is 0 Å². The van der Waals surface area contributed by atoms with E-state index in [1.54, 1.807) is 0 Å². The highest BCUT2D eigenvalue weighted by Gasteiger charge is 2.22. The molecule has 0 bridgehead atoms. The minimum absolute atomic E-state index is 0.589. The van der Waals surface area contributed by atoms with E-state index < -0.39 is 0 Å². The van der Waals surface area contributed by atoms with Crippen molar-refractivity contribution in [3.8, 4) is 67.5 Å². The Morgan fingerprint density at radius 1 is 0.321 bits per heavy atom. The topological polar surface area (TPSA) is 51.8 Å². The lowest BCUT2D eigenvalue weighted by Crippen LogP contribution is -2.01. The highest BCUT2D eigenvalue weighted by Crippen LogP contribution is 2.44. The summed E-state index contributed by atoms with van der Waals surface area (Å²) in [6, 6.07) is 65.0. The SMILES string of the molecule is c1ccc(-c2ccc(-c3nc(-c4cccc(-c5ccccc5)c4)nc(-c4cc5cccc(-c6ccccc6)c5c5oc6ccccc6c45)n3)cc2)cc1. The highest BCUT2D eigenvalue weighted by molar-refractivity contribution is 6.23. The van der Waals surface area contributed by atoms with Gasteiger partial charge >= 0.3 is 0 Å². The van der Waals surface area contributed by atoms with Crippen LogP contribution >= 0.6 is 0 Å². The van der Waals surface area contributed by atoms with E-state index in [0.717, 1.165) is 82.8 Å². The van der Waals surface area contributed by atoms with Gasteiger partial charge in [-0.2, -0.15) is 0 Å². The van der Waals surface area contributed by atoms with Gasteiger partial charge in [0, 0.05) is 32.8 Å². The van der Waals surface area contributed by atoms with E-state index in [4.69, 9.17) is 19.4 Å². The smallest absolute Gasteiger partial charge is 0.164 e. The molecule has 53 heavy (non-hydrogen) atoms. The van der Waals surface area contributed by atoms with Crippen LogP contribution in [0.15, 0.2) is 192 Å². The number of hydrogen-bond donors (Lipinski definition) is 0. The van der Waals surface area contributed by atoms with Gasteiger partial charge in [0.1, 0.15) is 11.2 Å². The lowest BCUT2D eigenvalue weighted by molar-refractivity contribution is 0.673. The number of aromatic nitrogens is 3. The van der Waals surface area contributed by atoms with E-state index in [0.29, 0.717) is 17.5 Å². The Kier molecular flexibility index (Phi) is 7.43. The Bertz CT molecular complexity index is 2920. The molecule has 0 saturated heterocycles. The lowest BCUT2D eigenvalue weighted by atomic mass is 9.93. The second kappa shape index (κ2) is 12.9. The zero-order chi connectivity index (χ0) is 35.1. The highest BCUT2D eigenvalue weighted by atomic mass is 16.3. The number of nitrogens with zero attached hydrogens (tertiary/aromatic N) is 3. The summed E-state index contributed by atoms with van der Waals surface area (Å²) >= 11 is 0. The fourth-order valence-corrected chi connectivity index (χ4v) is 7.36. The molecule has 0 saturated carbocycles. The summed E-state index contributed by atoms with van der Waals surface area (Å²) in [4.78, 5) is 15.6. The first-order chi connectivity index (χ1) is 26.3. The number of rotatable bonds is 6. The van der Waals surface area contributed by atoms with Crippen molar-refractivity contribution in [3.63, 3.8) is 0 Å². The maximum atomic E-state index is 6.77. The number of para-hydroxylation sites is 1. The molecule has 0 N–H and O–H groups in total. The first-order valence-corrected chi connectivity index (χ1v) is 17.8. The van der Waals surface area contributed by atoms with Crippen LogP contribution in [-0.4, -0.2) is 15.0 Å². The van der Waals surface area contributed by atoms with Gasteiger partial charge in [-0.15, -0.1) is 0 Å². The largest absolute Gasteiger partial charge is 0.455 e. The van der Waals surface area contributed by atoms with E-state index in [2.05, 4.69) is 158 Å². The second-order valence-electron chi connectivity index (χ2n) is 13.2. The van der Waals surface area contributed by atoms with Gasteiger partial charge in [0.25, 0.3) is 0 Å². The van der Waals surface area contributed by atoms with Gasteiger partial charge in [0.2, 0.25) is 0 Å². The summed E-state index contributed by atoms with van der Waals surface area (Å²) in [5.41, 5.74) is 11.1. The molecule has 248 valence electrons. The van der Waals surface area contributed by atoms with Crippen molar-refractivity contribution in [2.45, 2.75) is 0 Å². The normalized spacial score (nSPS) is 11.4. The molecule has 10 rings (SSSR count). The molecule has 10 aromatic rings. The van der Waals surface area contributed by atoms with Crippen molar-refractivity contribution < 1.29 is 4.42 Å². The van der Waals surface area contributed by atoms with Crippen molar-refractivity contribution in [3.05, 3.63) is 188 Å². The number of benzene rings is 8. The predicted molar refractivity (Wildman–Crippen MR) is 217 cm³/mol. The summed E-state index contributed by atoms with van der Waals surface area (Å²) in [5, 5.41) is 4.12. The summed E-state index contributed by atoms with van der Waals surface area (Å²) < 4.78 is 6.77. The number of fused-ring (bicyclic) bond motifs is 5. The average molecular weight is 678 g/mol. The Morgan fingerprint density at radius 3 is 1.58 bits per heavy atom. The summed E-state index contributed by atoms with van der Waals surface area (Å²) in [7, 11) is 0. The van der Waals surface area contributed by atoms with Crippen LogP contribution in [-0.2, 0) is 0 Å². The molecular formula is C49H31N3O. The molecule has 0 aliphatic heterocycles. The number of hydrogen-bond acceptors (Lipinski definition) is 4. The van der Waals surface area contributed by atoms with Crippen LogP contribution in [0, 0.1) is 0 Å². The van der Waals surface area contributed by atoms with Crippen molar-refractivity contribution >= 4 is 32.7 Å². The van der Waals surface area contributed by atoms with Crippen LogP contribution in [0.5, 0.6) is 0 Å². The van der Waals surface area contributed by atoms with Gasteiger partial charge in [-0.05, 0) is 57.0 Å². The predicted octanol–water partition coefficient (Wildman–Crippen LogP) is 12.9. The average Bonchev–Trinajstić information content (AvgIpc) is 3.64. The minimum Gasteiger partial charge on any atom is -0.455 e. The third kappa shape index (κ3) is 5.54. The second-order valence-corrected chi connectivity index (χ2v) is 13.2. The molecule has 4 nitrogen and oxygen atoms in total. The maximum Gasteiger partial charge on any atom is 0.164 e. The Morgan fingerprint density at radius 2 is 0.849 bits per heavy atom. The minimum atomic E-state index is 0.589. The van der Waals surface area contributed by atoms with E-state index in [9.17, 15) is 0 Å². The van der Waals surface area contributed by atoms with Crippen LogP contribution < -0.4 is 0 Å². The standard InChI is InChI=1S/C49H31N3O/c1-4-14-32(15-5-1)34-26-28-36(29-27-34)47-50-48(39-22-12-20-37(30-39)33-16-6-2-7-17-33)52-49(51-47)42-31-38-21-13-24-40(35-18-8-3-9-19-35)44(38)46-45(42)41-23-10-11-25-43(41)53-46/h1-31H. The van der Waals surface area contributed by atoms with Crippen molar-refractivity contribution in [2.24, 2.45) is 0 Å². The van der Waals surface area contributed by atoms with Gasteiger partial charge in [0.05, 0.1) is 0 Å². The molecule has 0 aliphatic rings. The van der Waals surface area contributed by atoms with Gasteiger partial charge in [-0.25, -0.2) is 15.0 Å². The van der Waals surface area contributed by atoms with Crippen molar-refractivity contribution in [1.29, 1.82) is 0 Å². The lowest BCUT2D eigenvalue weighted by Gasteiger charge is -2.13. The maximum absolute atomic E-state index is 6.77. The Labute approximate surface area is 306 Å². The summed E-state index contributed by atoms with van der Waals surface area (Å²) in [5.74, 6) is 1.80. The summed E-state index contributed by atoms with van der Waals surface area (Å²) in [6.45, 7) is 0. The molecule has 2 aromatic heterocycles. The van der Waals surface area contributed by atoms with Gasteiger partial charge in [-0.1, -0.05) is 170 Å². The third-order valence-corrected chi connectivity index (χ3v) is 9.93. The van der Waals surface area contributed by atoms with Gasteiger partial charge in [0.15, 0.2) is 17.5 Å². The van der Waals surface area contributed by atoms with Crippen LogP contribution in [0.1, 0.15) is 0 Å². The molecule has 8 aromatic carbocycles. The summed E-state index contributed by atoms with van der Waals surface area (Å²) in [6.07, 6.45) is 0. The van der Waals surface area contributed by atoms with Crippen molar-refractivity contribution in [2.75, 3.05) is 0 Å². The van der Waals surface area contributed by atoms with Crippen molar-refractivity contribution in [1.82, 2.24) is 15.0 Å². The Hall–Kier alpha value is -7.17. The van der Waals surface area contributed by atoms with Gasteiger partial charge in [-0.3, -0.25) is 0 Å². The van der Waals surface area contributed by atoms with E-state index >= 15 is 0 Å². The fourth-order valence-electron chi connectivity index (χ4n) is 7.36. The molecule has 0 radical (unpaired) electrons. The third-order valence-electron chi connectivity index (χ3n) is 9.93. The van der Waals surface area contributed by atoms with E-state index in [1.807, 2.05) is 30.3 Å². The zero-order valence-corrected chi connectivity index (χ0v) is 28.6. The first kappa shape index (κ1) is 30.6. The van der Waals surface area contributed by atoms with E-state index in [1.165, 1.54) is 0 Å². The molecule has 0 spiro atoms. The molecule has 0 unspecified atom stereocenters. The Balaban J connectivity index is 1.23. The molecule has 4 heteroatoms. The molecular weight excluding hydrogens is 647 g/mol. The molecule has 0 amide bonds. The van der Waals surface area contributed by atoms with Crippen LogP contribution in [0.4, 0.5) is 0 Å². The fraction of sp³-hybridized carbons (Fsp3) is 0. The van der Waals surface area contributed by atoms with E-state index in [-0.39, 0.29) is 0 Å². The molecule has 0 fully saturated rings. The van der Waals surface area contributed by atoms with Crippen LogP contribution in [0.3, 0.4) is 0 Å². The quantitative estimate of drug-likeness (QED) is 0.176. The first-order valence-electron chi connectivity index (χ1n) is 17.8. The molecule has 2 heterocycles. The molecule has 0 aliphatic carbocycles. The zero-order valence-electron chi connectivity index (χ0n) is 28.6.